The number of hydrogen-bond acceptors (Lipinski definition) is 4. The topological polar surface area (TPSA) is 96.9 Å². The van der Waals surface area contributed by atoms with Crippen LogP contribution in [0.5, 0.6) is 5.75 Å². The first-order valence-electron chi connectivity index (χ1n) is 5.53. The van der Waals surface area contributed by atoms with Crippen LogP contribution in [0, 0.1) is 0 Å². The van der Waals surface area contributed by atoms with Crippen molar-refractivity contribution in [2.24, 2.45) is 0 Å². The Labute approximate surface area is 110 Å². The second-order valence-electron chi connectivity index (χ2n) is 3.59. The largest absolute Gasteiger partial charge is 0.497 e. The van der Waals surface area contributed by atoms with E-state index in [4.69, 9.17) is 14.6 Å². The van der Waals surface area contributed by atoms with Crippen LogP contribution in [-0.4, -0.2) is 44.5 Å². The fourth-order valence-electron chi connectivity index (χ4n) is 1.37. The van der Waals surface area contributed by atoms with E-state index >= 15 is 0 Å². The number of hydrogen-bond donors (Lipinski definition) is 3. The number of methoxy groups -OCH3 is 2. The standard InChI is InChI=1S/C12H16N2O5/c1-18-6-5-13-12(17)14-10-4-3-8(19-2)7-9(10)11(15)16/h3-4,7H,5-6H2,1-2H3,(H,15,16)(H2,13,14,17). The highest BCUT2D eigenvalue weighted by atomic mass is 16.5. The van der Waals surface area contributed by atoms with E-state index in [0.29, 0.717) is 18.9 Å². The van der Waals surface area contributed by atoms with Crippen molar-refractivity contribution in [2.75, 3.05) is 32.7 Å². The maximum absolute atomic E-state index is 11.5. The zero-order chi connectivity index (χ0) is 14.3. The molecule has 1 aromatic carbocycles. The molecule has 1 rings (SSSR count). The summed E-state index contributed by atoms with van der Waals surface area (Å²) in [6, 6.07) is 3.88. The molecule has 7 heteroatoms. The Hall–Kier alpha value is -2.28. The number of nitrogens with one attached hydrogen (secondary N) is 2. The first-order valence-corrected chi connectivity index (χ1v) is 5.53. The van der Waals surface area contributed by atoms with E-state index in [-0.39, 0.29) is 11.3 Å². The summed E-state index contributed by atoms with van der Waals surface area (Å²) in [4.78, 5) is 22.6. The average molecular weight is 268 g/mol. The molecule has 0 saturated carbocycles. The number of amides is 2. The van der Waals surface area contributed by atoms with Gasteiger partial charge in [0.05, 0.1) is 25.0 Å². The molecule has 0 spiro atoms. The van der Waals surface area contributed by atoms with E-state index in [1.807, 2.05) is 0 Å². The number of ether oxygens (including phenoxy) is 2. The predicted octanol–water partition coefficient (Wildman–Crippen LogP) is 1.16. The molecule has 0 fully saturated rings. The highest BCUT2D eigenvalue weighted by Crippen LogP contribution is 2.21. The van der Waals surface area contributed by atoms with Gasteiger partial charge in [0.25, 0.3) is 0 Å². The Bertz CT molecular complexity index is 461. The molecule has 2 amide bonds. The minimum atomic E-state index is -1.15. The van der Waals surface area contributed by atoms with Gasteiger partial charge in [0, 0.05) is 13.7 Å². The molecule has 0 heterocycles. The second kappa shape index (κ2) is 7.22. The van der Waals surface area contributed by atoms with Crippen molar-refractivity contribution < 1.29 is 24.2 Å². The smallest absolute Gasteiger partial charge is 0.337 e. The Morgan fingerprint density at radius 3 is 2.63 bits per heavy atom. The van der Waals surface area contributed by atoms with Crippen LogP contribution in [0.1, 0.15) is 10.4 Å². The third-order valence-electron chi connectivity index (χ3n) is 2.30. The van der Waals surface area contributed by atoms with Crippen LogP contribution in [0.2, 0.25) is 0 Å². The summed E-state index contributed by atoms with van der Waals surface area (Å²) in [7, 11) is 2.96. The van der Waals surface area contributed by atoms with Crippen molar-refractivity contribution in [1.29, 1.82) is 0 Å². The van der Waals surface area contributed by atoms with E-state index < -0.39 is 12.0 Å². The van der Waals surface area contributed by atoms with Gasteiger partial charge in [-0.05, 0) is 18.2 Å². The lowest BCUT2D eigenvalue weighted by Gasteiger charge is -2.10. The molecule has 0 aliphatic heterocycles. The number of carbonyl (C=O) groups is 2. The second-order valence-corrected chi connectivity index (χ2v) is 3.59. The number of anilines is 1. The number of carbonyl (C=O) groups excluding carboxylic acids is 1. The van der Waals surface area contributed by atoms with Crippen LogP contribution in [0.15, 0.2) is 18.2 Å². The summed E-state index contributed by atoms with van der Waals surface area (Å²) in [5.74, 6) is -0.742. The maximum atomic E-state index is 11.5. The van der Waals surface area contributed by atoms with Gasteiger partial charge in [0.2, 0.25) is 0 Å². The molecular formula is C12H16N2O5. The van der Waals surface area contributed by atoms with Crippen molar-refractivity contribution in [3.63, 3.8) is 0 Å². The van der Waals surface area contributed by atoms with Crippen LogP contribution >= 0.6 is 0 Å². The molecule has 0 saturated heterocycles. The van der Waals surface area contributed by atoms with Gasteiger partial charge in [-0.3, -0.25) is 0 Å². The molecule has 0 bridgehead atoms. The van der Waals surface area contributed by atoms with Crippen LogP contribution < -0.4 is 15.4 Å². The monoisotopic (exact) mass is 268 g/mol. The quantitative estimate of drug-likeness (QED) is 0.673. The molecular weight excluding hydrogens is 252 g/mol. The van der Waals surface area contributed by atoms with Gasteiger partial charge in [0.1, 0.15) is 5.75 Å². The number of carboxylic acids is 1. The molecule has 1 aromatic rings. The Balaban J connectivity index is 2.77. The summed E-state index contributed by atoms with van der Waals surface area (Å²) >= 11 is 0. The van der Waals surface area contributed by atoms with Crippen LogP contribution in [0.3, 0.4) is 0 Å². The molecule has 0 unspecified atom stereocenters. The summed E-state index contributed by atoms with van der Waals surface area (Å²) < 4.78 is 9.72. The van der Waals surface area contributed by atoms with E-state index in [0.717, 1.165) is 0 Å². The minimum Gasteiger partial charge on any atom is -0.497 e. The van der Waals surface area contributed by atoms with Crippen molar-refractivity contribution >= 4 is 17.7 Å². The van der Waals surface area contributed by atoms with Gasteiger partial charge < -0.3 is 25.2 Å². The van der Waals surface area contributed by atoms with Crippen molar-refractivity contribution in [1.82, 2.24) is 5.32 Å². The average Bonchev–Trinajstić information content (AvgIpc) is 2.39. The molecule has 0 atom stereocenters. The van der Waals surface area contributed by atoms with Crippen LogP contribution in [0.25, 0.3) is 0 Å². The fourth-order valence-corrected chi connectivity index (χ4v) is 1.37. The van der Waals surface area contributed by atoms with Gasteiger partial charge in [-0.2, -0.15) is 0 Å². The van der Waals surface area contributed by atoms with Gasteiger partial charge >= 0.3 is 12.0 Å². The molecule has 0 aromatic heterocycles. The predicted molar refractivity (Wildman–Crippen MR) is 68.9 cm³/mol. The molecule has 19 heavy (non-hydrogen) atoms. The van der Waals surface area contributed by atoms with E-state index in [9.17, 15) is 9.59 Å². The van der Waals surface area contributed by atoms with Crippen LogP contribution in [-0.2, 0) is 4.74 Å². The lowest BCUT2D eigenvalue weighted by atomic mass is 10.1. The van der Waals surface area contributed by atoms with Crippen molar-refractivity contribution in [3.05, 3.63) is 23.8 Å². The fraction of sp³-hybridized carbons (Fsp3) is 0.333. The SMILES string of the molecule is COCCNC(=O)Nc1ccc(OC)cc1C(=O)O. The van der Waals surface area contributed by atoms with Gasteiger partial charge in [-0.25, -0.2) is 9.59 Å². The Morgan fingerprint density at radius 2 is 2.05 bits per heavy atom. The third-order valence-corrected chi connectivity index (χ3v) is 2.30. The molecule has 104 valence electrons. The molecule has 0 radical (unpaired) electrons. The van der Waals surface area contributed by atoms with Gasteiger partial charge in [0.15, 0.2) is 0 Å². The number of rotatable bonds is 6. The Kier molecular flexibility index (Phi) is 5.62. The summed E-state index contributed by atoms with van der Waals surface area (Å²) in [5, 5.41) is 14.1. The lowest BCUT2D eigenvalue weighted by molar-refractivity contribution is 0.0697. The highest BCUT2D eigenvalue weighted by Gasteiger charge is 2.13. The third kappa shape index (κ3) is 4.47. The summed E-state index contributed by atoms with van der Waals surface area (Å²) in [5.41, 5.74) is 0.157. The lowest BCUT2D eigenvalue weighted by Crippen LogP contribution is -2.31. The zero-order valence-electron chi connectivity index (χ0n) is 10.7. The summed E-state index contributed by atoms with van der Waals surface area (Å²) in [6.07, 6.45) is 0. The van der Waals surface area contributed by atoms with E-state index in [1.54, 1.807) is 6.07 Å². The normalized spacial score (nSPS) is 9.79. The Morgan fingerprint density at radius 1 is 1.32 bits per heavy atom. The molecule has 3 N–H and O–H groups in total. The first-order chi connectivity index (χ1) is 9.08. The van der Waals surface area contributed by atoms with E-state index in [2.05, 4.69) is 10.6 Å². The van der Waals surface area contributed by atoms with E-state index in [1.165, 1.54) is 26.4 Å². The van der Waals surface area contributed by atoms with Crippen LogP contribution in [0.4, 0.5) is 10.5 Å². The molecule has 7 nitrogen and oxygen atoms in total. The van der Waals surface area contributed by atoms with Crippen molar-refractivity contribution in [2.45, 2.75) is 0 Å². The number of urea groups is 1. The zero-order valence-corrected chi connectivity index (χ0v) is 10.7. The number of benzene rings is 1. The summed E-state index contributed by atoms with van der Waals surface area (Å²) in [6.45, 7) is 0.711. The molecule has 0 aliphatic rings. The molecule has 0 aliphatic carbocycles. The van der Waals surface area contributed by atoms with Gasteiger partial charge in [-0.1, -0.05) is 0 Å². The maximum Gasteiger partial charge on any atom is 0.337 e. The highest BCUT2D eigenvalue weighted by molar-refractivity contribution is 6.00. The van der Waals surface area contributed by atoms with Crippen molar-refractivity contribution in [3.8, 4) is 5.75 Å². The number of aromatic carboxylic acids is 1. The van der Waals surface area contributed by atoms with Gasteiger partial charge in [-0.15, -0.1) is 0 Å². The first kappa shape index (κ1) is 14.8. The minimum absolute atomic E-state index is 0.0405. The number of carboxylic acid groups (broad SMARTS) is 1.